The fourth-order valence-corrected chi connectivity index (χ4v) is 1.49. The lowest BCUT2D eigenvalue weighted by atomic mass is 10.1. The van der Waals surface area contributed by atoms with Crippen LogP contribution >= 0.6 is 15.9 Å². The number of carbonyl (C=O) groups excluding carboxylic acids is 1. The summed E-state index contributed by atoms with van der Waals surface area (Å²) in [6, 6.07) is 6.61. The number of benzene rings is 1. The van der Waals surface area contributed by atoms with Crippen molar-refractivity contribution in [3.05, 3.63) is 34.3 Å². The SMILES string of the molecule is CCOC(=O)[C@@H](N)c1cccc(Br)c1. The van der Waals surface area contributed by atoms with Crippen LogP contribution < -0.4 is 5.73 Å². The monoisotopic (exact) mass is 257 g/mol. The molecule has 0 radical (unpaired) electrons. The van der Waals surface area contributed by atoms with E-state index in [9.17, 15) is 4.79 Å². The second-order valence-corrected chi connectivity index (χ2v) is 3.70. The van der Waals surface area contributed by atoms with Gasteiger partial charge in [0.1, 0.15) is 6.04 Å². The molecule has 3 nitrogen and oxygen atoms in total. The first-order chi connectivity index (χ1) is 6.65. The van der Waals surface area contributed by atoms with Crippen molar-refractivity contribution < 1.29 is 9.53 Å². The maximum Gasteiger partial charge on any atom is 0.327 e. The molecule has 1 atom stereocenters. The van der Waals surface area contributed by atoms with E-state index in [1.807, 2.05) is 18.2 Å². The number of nitrogens with two attached hydrogens (primary N) is 1. The summed E-state index contributed by atoms with van der Waals surface area (Å²) in [4.78, 5) is 11.3. The van der Waals surface area contributed by atoms with Crippen LogP contribution in [-0.2, 0) is 9.53 Å². The molecule has 0 aliphatic heterocycles. The van der Waals surface area contributed by atoms with Crippen LogP contribution in [0, 0.1) is 0 Å². The average Bonchev–Trinajstić information content (AvgIpc) is 2.17. The Morgan fingerprint density at radius 2 is 2.36 bits per heavy atom. The fraction of sp³-hybridized carbons (Fsp3) is 0.300. The third kappa shape index (κ3) is 2.82. The highest BCUT2D eigenvalue weighted by molar-refractivity contribution is 9.10. The summed E-state index contributed by atoms with van der Waals surface area (Å²) in [6.07, 6.45) is 0. The van der Waals surface area contributed by atoms with Crippen molar-refractivity contribution in [2.75, 3.05) is 6.61 Å². The topological polar surface area (TPSA) is 52.3 Å². The Balaban J connectivity index is 2.78. The number of ether oxygens (including phenoxy) is 1. The third-order valence-corrected chi connectivity index (χ3v) is 2.24. The van der Waals surface area contributed by atoms with E-state index < -0.39 is 12.0 Å². The van der Waals surface area contributed by atoms with Crippen LogP contribution in [0.1, 0.15) is 18.5 Å². The van der Waals surface area contributed by atoms with Gasteiger partial charge in [0.25, 0.3) is 0 Å². The van der Waals surface area contributed by atoms with E-state index in [-0.39, 0.29) is 0 Å². The third-order valence-electron chi connectivity index (χ3n) is 1.75. The summed E-state index contributed by atoms with van der Waals surface area (Å²) >= 11 is 3.31. The van der Waals surface area contributed by atoms with Crippen molar-refractivity contribution in [1.82, 2.24) is 0 Å². The van der Waals surface area contributed by atoms with E-state index in [4.69, 9.17) is 10.5 Å². The number of esters is 1. The zero-order chi connectivity index (χ0) is 10.6. The van der Waals surface area contributed by atoms with Gasteiger partial charge >= 0.3 is 5.97 Å². The molecule has 1 rings (SSSR count). The Bertz CT molecular complexity index is 328. The van der Waals surface area contributed by atoms with Gasteiger partial charge in [-0.1, -0.05) is 28.1 Å². The lowest BCUT2D eigenvalue weighted by molar-refractivity contribution is -0.144. The number of hydrogen-bond donors (Lipinski definition) is 1. The lowest BCUT2D eigenvalue weighted by Gasteiger charge is -2.10. The molecule has 0 amide bonds. The summed E-state index contributed by atoms with van der Waals surface area (Å²) < 4.78 is 5.72. The molecule has 2 N–H and O–H groups in total. The Morgan fingerprint density at radius 3 is 2.93 bits per heavy atom. The van der Waals surface area contributed by atoms with Gasteiger partial charge in [0, 0.05) is 4.47 Å². The molecule has 1 aromatic carbocycles. The van der Waals surface area contributed by atoms with Crippen LogP contribution in [0.25, 0.3) is 0 Å². The van der Waals surface area contributed by atoms with Gasteiger partial charge < -0.3 is 10.5 Å². The zero-order valence-electron chi connectivity index (χ0n) is 7.87. The number of halogens is 1. The standard InChI is InChI=1S/C10H12BrNO2/c1-2-14-10(13)9(12)7-4-3-5-8(11)6-7/h3-6,9H,2,12H2,1H3/t9-/m0/s1. The molecular formula is C10H12BrNO2. The summed E-state index contributed by atoms with van der Waals surface area (Å²) in [5.41, 5.74) is 6.45. The molecule has 76 valence electrons. The Labute approximate surface area is 91.4 Å². The van der Waals surface area contributed by atoms with Crippen LogP contribution in [-0.4, -0.2) is 12.6 Å². The van der Waals surface area contributed by atoms with Gasteiger partial charge in [0.15, 0.2) is 0 Å². The molecule has 0 aromatic heterocycles. The van der Waals surface area contributed by atoms with Crippen molar-refractivity contribution in [1.29, 1.82) is 0 Å². The minimum absolute atomic E-state index is 0.348. The van der Waals surface area contributed by atoms with Gasteiger partial charge in [0.2, 0.25) is 0 Å². The molecule has 0 saturated heterocycles. The van der Waals surface area contributed by atoms with Crippen molar-refractivity contribution in [2.45, 2.75) is 13.0 Å². The number of hydrogen-bond acceptors (Lipinski definition) is 3. The molecule has 1 aromatic rings. The lowest BCUT2D eigenvalue weighted by Crippen LogP contribution is -2.23. The van der Waals surface area contributed by atoms with Gasteiger partial charge in [-0.05, 0) is 24.6 Å². The molecule has 0 aliphatic rings. The Kier molecular flexibility index (Phi) is 4.10. The maximum absolute atomic E-state index is 11.3. The van der Waals surface area contributed by atoms with E-state index in [0.29, 0.717) is 6.61 Å². The maximum atomic E-state index is 11.3. The smallest absolute Gasteiger partial charge is 0.327 e. The van der Waals surface area contributed by atoms with Crippen LogP contribution in [0.5, 0.6) is 0 Å². The zero-order valence-corrected chi connectivity index (χ0v) is 9.45. The minimum atomic E-state index is -0.701. The normalized spacial score (nSPS) is 12.2. The first-order valence-electron chi connectivity index (χ1n) is 4.33. The summed E-state index contributed by atoms with van der Waals surface area (Å²) in [6.45, 7) is 2.10. The van der Waals surface area contributed by atoms with Gasteiger partial charge in [-0.3, -0.25) is 0 Å². The predicted octanol–water partition coefficient (Wildman–Crippen LogP) is 2.01. The summed E-state index contributed by atoms with van der Waals surface area (Å²) in [7, 11) is 0. The number of carbonyl (C=O) groups is 1. The minimum Gasteiger partial charge on any atom is -0.465 e. The van der Waals surface area contributed by atoms with E-state index in [0.717, 1.165) is 10.0 Å². The molecule has 0 heterocycles. The quantitative estimate of drug-likeness (QED) is 0.844. The predicted molar refractivity (Wildman–Crippen MR) is 57.7 cm³/mol. The highest BCUT2D eigenvalue weighted by Gasteiger charge is 2.16. The molecule has 0 unspecified atom stereocenters. The van der Waals surface area contributed by atoms with E-state index >= 15 is 0 Å². The van der Waals surface area contributed by atoms with Gasteiger partial charge in [0.05, 0.1) is 6.61 Å². The number of rotatable bonds is 3. The first-order valence-corrected chi connectivity index (χ1v) is 5.12. The second kappa shape index (κ2) is 5.12. The molecule has 14 heavy (non-hydrogen) atoms. The molecule has 0 bridgehead atoms. The molecule has 0 saturated carbocycles. The van der Waals surface area contributed by atoms with Crippen molar-refractivity contribution in [2.24, 2.45) is 5.73 Å². The summed E-state index contributed by atoms with van der Waals surface area (Å²) in [5.74, 6) is -0.398. The fourth-order valence-electron chi connectivity index (χ4n) is 1.07. The van der Waals surface area contributed by atoms with Crippen molar-refractivity contribution in [3.63, 3.8) is 0 Å². The van der Waals surface area contributed by atoms with Crippen molar-refractivity contribution in [3.8, 4) is 0 Å². The van der Waals surface area contributed by atoms with Crippen LogP contribution in [0.2, 0.25) is 0 Å². The highest BCUT2D eigenvalue weighted by Crippen LogP contribution is 2.17. The van der Waals surface area contributed by atoms with Crippen molar-refractivity contribution >= 4 is 21.9 Å². The highest BCUT2D eigenvalue weighted by atomic mass is 79.9. The summed E-state index contributed by atoms with van der Waals surface area (Å²) in [5, 5.41) is 0. The van der Waals surface area contributed by atoms with E-state index in [1.165, 1.54) is 0 Å². The van der Waals surface area contributed by atoms with Gasteiger partial charge in [-0.25, -0.2) is 4.79 Å². The van der Waals surface area contributed by atoms with Crippen LogP contribution in [0.3, 0.4) is 0 Å². The average molecular weight is 258 g/mol. The molecular weight excluding hydrogens is 246 g/mol. The van der Waals surface area contributed by atoms with Gasteiger partial charge in [-0.15, -0.1) is 0 Å². The largest absolute Gasteiger partial charge is 0.465 e. The van der Waals surface area contributed by atoms with Crippen LogP contribution in [0.4, 0.5) is 0 Å². The van der Waals surface area contributed by atoms with E-state index in [2.05, 4.69) is 15.9 Å². The van der Waals surface area contributed by atoms with Crippen LogP contribution in [0.15, 0.2) is 28.7 Å². The Hall–Kier alpha value is -0.870. The molecule has 0 spiro atoms. The Morgan fingerprint density at radius 1 is 1.64 bits per heavy atom. The molecule has 4 heteroatoms. The van der Waals surface area contributed by atoms with E-state index in [1.54, 1.807) is 13.0 Å². The molecule has 0 aliphatic carbocycles. The van der Waals surface area contributed by atoms with Gasteiger partial charge in [-0.2, -0.15) is 0 Å². The second-order valence-electron chi connectivity index (χ2n) is 2.78. The first kappa shape index (κ1) is 11.2. The molecule has 0 fully saturated rings.